The monoisotopic (exact) mass is 475 g/mol. The van der Waals surface area contributed by atoms with Crippen molar-refractivity contribution >= 4 is 44.6 Å². The van der Waals surface area contributed by atoms with Crippen molar-refractivity contribution in [3.05, 3.63) is 87.2 Å². The highest BCUT2D eigenvalue weighted by Gasteiger charge is 2.35. The maximum Gasteiger partial charge on any atom is 0.264 e. The molecule has 4 aromatic rings. The van der Waals surface area contributed by atoms with Crippen LogP contribution in [0.25, 0.3) is 10.1 Å². The van der Waals surface area contributed by atoms with Crippen LogP contribution in [0.4, 0.5) is 0 Å². The summed E-state index contributed by atoms with van der Waals surface area (Å²) in [5.74, 6) is 0.444. The maximum atomic E-state index is 13.7. The number of thiophene rings is 2. The van der Waals surface area contributed by atoms with Gasteiger partial charge in [-0.1, -0.05) is 19.9 Å². The predicted molar refractivity (Wildman–Crippen MR) is 134 cm³/mol. The fourth-order valence-electron chi connectivity index (χ4n) is 4.35. The lowest BCUT2D eigenvalue weighted by molar-refractivity contribution is 0.0386. The summed E-state index contributed by atoms with van der Waals surface area (Å²) in [5.41, 5.74) is 1.70. The number of hydrogen-bond acceptors (Lipinski definition) is 5. The van der Waals surface area contributed by atoms with Gasteiger partial charge in [0.15, 0.2) is 0 Å². The van der Waals surface area contributed by atoms with Gasteiger partial charge in [0, 0.05) is 52.6 Å². The number of hydrogen-bond donors (Lipinski definition) is 0. The van der Waals surface area contributed by atoms with Gasteiger partial charge in [0.25, 0.3) is 11.8 Å². The first-order chi connectivity index (χ1) is 16.0. The van der Waals surface area contributed by atoms with E-state index in [1.54, 1.807) is 35.1 Å². The second-order valence-corrected chi connectivity index (χ2v) is 10.6. The Kier molecular flexibility index (Phi) is 6.00. The summed E-state index contributed by atoms with van der Waals surface area (Å²) in [6.45, 7) is 5.74. The standard InChI is InChI=1S/C26H25N3O2S2/c1-17(2)22-6-7-24(33-22)26(31)28-13-14-29(21(16-28)18-8-11-27-12-9-18)25(30)20-4-3-5-23-19(20)10-15-32-23/h3-12,15,17,21H,13-14,16H2,1-2H3. The maximum absolute atomic E-state index is 13.7. The van der Waals surface area contributed by atoms with Gasteiger partial charge < -0.3 is 9.80 Å². The third-order valence-electron chi connectivity index (χ3n) is 6.15. The highest BCUT2D eigenvalue weighted by atomic mass is 32.1. The number of carbonyl (C=O) groups is 2. The Morgan fingerprint density at radius 3 is 2.58 bits per heavy atom. The Morgan fingerprint density at radius 2 is 1.82 bits per heavy atom. The van der Waals surface area contributed by atoms with E-state index in [9.17, 15) is 9.59 Å². The van der Waals surface area contributed by atoms with E-state index in [4.69, 9.17) is 0 Å². The molecule has 33 heavy (non-hydrogen) atoms. The molecule has 1 saturated heterocycles. The molecular formula is C26H25N3O2S2. The molecule has 0 aliphatic carbocycles. The average Bonchev–Trinajstić information content (AvgIpc) is 3.53. The zero-order chi connectivity index (χ0) is 22.9. The summed E-state index contributed by atoms with van der Waals surface area (Å²) in [7, 11) is 0. The SMILES string of the molecule is CC(C)c1ccc(C(=O)N2CCN(C(=O)c3cccc4sccc34)C(c3ccncc3)C2)s1. The van der Waals surface area contributed by atoms with Crippen LogP contribution in [0.15, 0.2) is 66.3 Å². The molecule has 0 saturated carbocycles. The highest BCUT2D eigenvalue weighted by Crippen LogP contribution is 2.32. The van der Waals surface area contributed by atoms with E-state index in [1.807, 2.05) is 63.7 Å². The van der Waals surface area contributed by atoms with Crippen LogP contribution in [0.3, 0.4) is 0 Å². The lowest BCUT2D eigenvalue weighted by Gasteiger charge is -2.41. The molecule has 1 aromatic carbocycles. The lowest BCUT2D eigenvalue weighted by Crippen LogP contribution is -2.52. The smallest absolute Gasteiger partial charge is 0.264 e. The molecule has 0 bridgehead atoms. The summed E-state index contributed by atoms with van der Waals surface area (Å²) in [4.78, 5) is 37.0. The van der Waals surface area contributed by atoms with E-state index in [1.165, 1.54) is 4.88 Å². The molecule has 5 rings (SSSR count). The largest absolute Gasteiger partial charge is 0.334 e. The topological polar surface area (TPSA) is 53.5 Å². The van der Waals surface area contributed by atoms with Gasteiger partial charge in [0.2, 0.25) is 0 Å². The van der Waals surface area contributed by atoms with Crippen LogP contribution < -0.4 is 0 Å². The van der Waals surface area contributed by atoms with Gasteiger partial charge in [-0.15, -0.1) is 22.7 Å². The third-order valence-corrected chi connectivity index (χ3v) is 8.41. The minimum Gasteiger partial charge on any atom is -0.334 e. The number of carbonyl (C=O) groups excluding carboxylic acids is 2. The van der Waals surface area contributed by atoms with Crippen LogP contribution in [-0.2, 0) is 0 Å². The minimum absolute atomic E-state index is 0.00567. The molecule has 1 aliphatic rings. The van der Waals surface area contributed by atoms with Crippen molar-refractivity contribution in [2.75, 3.05) is 19.6 Å². The van der Waals surface area contributed by atoms with Gasteiger partial charge in [-0.2, -0.15) is 0 Å². The molecule has 2 amide bonds. The Labute approximate surface area is 201 Å². The van der Waals surface area contributed by atoms with Gasteiger partial charge in [-0.25, -0.2) is 0 Å². The van der Waals surface area contributed by atoms with Crippen molar-refractivity contribution in [3.63, 3.8) is 0 Å². The third kappa shape index (κ3) is 4.18. The van der Waals surface area contributed by atoms with Crippen molar-refractivity contribution in [1.82, 2.24) is 14.8 Å². The molecule has 0 spiro atoms. The fourth-order valence-corrected chi connectivity index (χ4v) is 6.14. The van der Waals surface area contributed by atoms with Crippen molar-refractivity contribution < 1.29 is 9.59 Å². The number of nitrogens with zero attached hydrogens (tertiary/aromatic N) is 3. The van der Waals surface area contributed by atoms with Crippen LogP contribution in [0.5, 0.6) is 0 Å². The zero-order valence-electron chi connectivity index (χ0n) is 18.6. The van der Waals surface area contributed by atoms with Gasteiger partial charge in [0.05, 0.1) is 10.9 Å². The fraction of sp³-hybridized carbons (Fsp3) is 0.269. The van der Waals surface area contributed by atoms with Crippen LogP contribution >= 0.6 is 22.7 Å². The summed E-state index contributed by atoms with van der Waals surface area (Å²) in [6, 6.07) is 15.5. The summed E-state index contributed by atoms with van der Waals surface area (Å²) < 4.78 is 1.11. The van der Waals surface area contributed by atoms with Crippen molar-refractivity contribution in [2.45, 2.75) is 25.8 Å². The summed E-state index contributed by atoms with van der Waals surface area (Å²) in [6.07, 6.45) is 3.49. The minimum atomic E-state index is -0.225. The first kappa shape index (κ1) is 21.8. The molecule has 1 aliphatic heterocycles. The second-order valence-electron chi connectivity index (χ2n) is 8.54. The predicted octanol–water partition coefficient (Wildman–Crippen LogP) is 5.82. The molecule has 0 radical (unpaired) electrons. The zero-order valence-corrected chi connectivity index (χ0v) is 20.2. The Morgan fingerprint density at radius 1 is 1.00 bits per heavy atom. The van der Waals surface area contributed by atoms with E-state index in [0.717, 1.165) is 20.5 Å². The molecular weight excluding hydrogens is 450 g/mol. The first-order valence-electron chi connectivity index (χ1n) is 11.1. The normalized spacial score (nSPS) is 16.5. The molecule has 7 heteroatoms. The highest BCUT2D eigenvalue weighted by molar-refractivity contribution is 7.17. The van der Waals surface area contributed by atoms with E-state index in [0.29, 0.717) is 31.1 Å². The number of aromatic nitrogens is 1. The number of fused-ring (bicyclic) bond motifs is 1. The quantitative estimate of drug-likeness (QED) is 0.374. The van der Waals surface area contributed by atoms with Crippen molar-refractivity contribution in [3.8, 4) is 0 Å². The van der Waals surface area contributed by atoms with Crippen LogP contribution in [0.2, 0.25) is 0 Å². The number of amides is 2. The lowest BCUT2D eigenvalue weighted by atomic mass is 10.0. The van der Waals surface area contributed by atoms with Gasteiger partial charge in [-0.05, 0) is 59.3 Å². The Balaban J connectivity index is 1.45. The van der Waals surface area contributed by atoms with E-state index in [2.05, 4.69) is 18.8 Å². The molecule has 1 unspecified atom stereocenters. The Hall–Kier alpha value is -3.03. The Bertz CT molecular complexity index is 1300. The van der Waals surface area contributed by atoms with Crippen molar-refractivity contribution in [1.29, 1.82) is 0 Å². The van der Waals surface area contributed by atoms with Crippen LogP contribution in [-0.4, -0.2) is 46.2 Å². The first-order valence-corrected chi connectivity index (χ1v) is 12.8. The molecule has 5 nitrogen and oxygen atoms in total. The number of benzene rings is 1. The molecule has 0 N–H and O–H groups in total. The summed E-state index contributed by atoms with van der Waals surface area (Å²) in [5, 5.41) is 3.00. The number of pyridine rings is 1. The van der Waals surface area contributed by atoms with Gasteiger partial charge >= 0.3 is 0 Å². The molecule has 1 atom stereocenters. The molecule has 4 heterocycles. The van der Waals surface area contributed by atoms with E-state index < -0.39 is 0 Å². The van der Waals surface area contributed by atoms with Crippen LogP contribution in [0, 0.1) is 0 Å². The second kappa shape index (κ2) is 9.08. The van der Waals surface area contributed by atoms with Gasteiger partial charge in [0.1, 0.15) is 0 Å². The van der Waals surface area contributed by atoms with Gasteiger partial charge in [-0.3, -0.25) is 14.6 Å². The number of piperazine rings is 1. The summed E-state index contributed by atoms with van der Waals surface area (Å²) >= 11 is 3.20. The number of rotatable bonds is 4. The van der Waals surface area contributed by atoms with Crippen LogP contribution in [0.1, 0.15) is 56.3 Å². The van der Waals surface area contributed by atoms with E-state index >= 15 is 0 Å². The molecule has 1 fully saturated rings. The molecule has 168 valence electrons. The average molecular weight is 476 g/mol. The molecule has 3 aromatic heterocycles. The van der Waals surface area contributed by atoms with Crippen molar-refractivity contribution in [2.24, 2.45) is 0 Å². The van der Waals surface area contributed by atoms with E-state index in [-0.39, 0.29) is 17.9 Å².